The quantitative estimate of drug-likeness (QED) is 0.0172. The number of carbonyl (C=O) groups is 1. The number of hydrogen-bond acceptors (Lipinski definition) is 14. The van der Waals surface area contributed by atoms with E-state index < -0.39 is 80.7 Å². The number of aliphatic hydroxyl groups excluding tert-OH is 7. The molecule has 0 saturated carbocycles. The van der Waals surface area contributed by atoms with Crippen LogP contribution in [-0.2, 0) is 33.2 Å². The number of esters is 1. The highest BCUT2D eigenvalue weighted by Crippen LogP contribution is 2.27. The lowest BCUT2D eigenvalue weighted by atomic mass is 9.98. The first-order valence-corrected chi connectivity index (χ1v) is 32.7. The maximum absolute atomic E-state index is 13.1. The van der Waals surface area contributed by atoms with Crippen molar-refractivity contribution >= 4 is 5.97 Å². The predicted octanol–water partition coefficient (Wildman–Crippen LogP) is 13.0. The lowest BCUT2D eigenvalue weighted by Crippen LogP contribution is -2.61. The molecular weight excluding hydrogens is 1020 g/mol. The van der Waals surface area contributed by atoms with Crippen molar-refractivity contribution in [1.29, 1.82) is 0 Å². The molecule has 80 heavy (non-hydrogen) atoms. The van der Waals surface area contributed by atoms with Crippen LogP contribution in [0, 0.1) is 0 Å². The Bertz CT molecular complexity index is 1510. The molecule has 2 aliphatic rings. The molecule has 0 amide bonds. The highest BCUT2D eigenvalue weighted by atomic mass is 16.7. The van der Waals surface area contributed by atoms with Crippen molar-refractivity contribution in [2.45, 2.75) is 332 Å². The van der Waals surface area contributed by atoms with Gasteiger partial charge in [0.25, 0.3) is 0 Å². The summed E-state index contributed by atoms with van der Waals surface area (Å²) in [6.07, 6.45) is 48.9. The summed E-state index contributed by atoms with van der Waals surface area (Å²) in [5.41, 5.74) is 0. The average molecular weight is 1140 g/mol. The zero-order valence-corrected chi connectivity index (χ0v) is 50.6. The summed E-state index contributed by atoms with van der Waals surface area (Å²) in [5.74, 6) is -0.373. The van der Waals surface area contributed by atoms with Crippen LogP contribution in [0.25, 0.3) is 0 Å². The molecule has 0 spiro atoms. The molecular formula is C66H120O14. The van der Waals surface area contributed by atoms with E-state index in [-0.39, 0.29) is 25.6 Å². The van der Waals surface area contributed by atoms with Gasteiger partial charge in [-0.3, -0.25) is 4.79 Å². The van der Waals surface area contributed by atoms with Crippen molar-refractivity contribution < 1.29 is 69.0 Å². The number of carbonyl (C=O) groups excluding carboxylic acids is 1. The number of rotatable bonds is 54. The Labute approximate surface area is 486 Å². The Kier molecular flexibility index (Phi) is 48.6. The van der Waals surface area contributed by atoms with Gasteiger partial charge in [0, 0.05) is 13.0 Å². The van der Waals surface area contributed by atoms with Crippen LogP contribution in [0.1, 0.15) is 264 Å². The van der Waals surface area contributed by atoms with Gasteiger partial charge in [-0.25, -0.2) is 0 Å². The molecule has 468 valence electrons. The normalized spacial score (nSPS) is 24.1. The Morgan fingerprint density at radius 2 is 0.812 bits per heavy atom. The van der Waals surface area contributed by atoms with Gasteiger partial charge in [-0.1, -0.05) is 255 Å². The maximum Gasteiger partial charge on any atom is 0.306 e. The van der Waals surface area contributed by atoms with Crippen molar-refractivity contribution in [2.24, 2.45) is 0 Å². The van der Waals surface area contributed by atoms with E-state index in [1.165, 1.54) is 167 Å². The van der Waals surface area contributed by atoms with Crippen molar-refractivity contribution in [2.75, 3.05) is 33.0 Å². The first kappa shape index (κ1) is 74.1. The second-order valence-corrected chi connectivity index (χ2v) is 22.9. The molecule has 2 aliphatic heterocycles. The molecule has 0 aromatic carbocycles. The van der Waals surface area contributed by atoms with Gasteiger partial charge >= 0.3 is 5.97 Å². The van der Waals surface area contributed by atoms with Crippen LogP contribution in [0.5, 0.6) is 0 Å². The lowest BCUT2D eigenvalue weighted by Gasteiger charge is -2.42. The molecule has 2 fully saturated rings. The third kappa shape index (κ3) is 38.0. The fourth-order valence-electron chi connectivity index (χ4n) is 10.4. The Hall–Kier alpha value is -2.05. The van der Waals surface area contributed by atoms with Crippen LogP contribution in [0.15, 0.2) is 48.6 Å². The third-order valence-corrected chi connectivity index (χ3v) is 15.6. The maximum atomic E-state index is 13.1. The molecule has 0 radical (unpaired) electrons. The minimum Gasteiger partial charge on any atom is -0.457 e. The van der Waals surface area contributed by atoms with Crippen LogP contribution in [-0.4, -0.2) is 142 Å². The molecule has 11 unspecified atom stereocenters. The largest absolute Gasteiger partial charge is 0.457 e. The first-order chi connectivity index (χ1) is 39.1. The second-order valence-electron chi connectivity index (χ2n) is 22.9. The molecule has 11 atom stereocenters. The Morgan fingerprint density at radius 1 is 0.425 bits per heavy atom. The summed E-state index contributed by atoms with van der Waals surface area (Å²) in [6.45, 7) is 3.62. The summed E-state index contributed by atoms with van der Waals surface area (Å²) in [5, 5.41) is 72.5. The van der Waals surface area contributed by atoms with Gasteiger partial charge in [-0.05, 0) is 51.4 Å². The van der Waals surface area contributed by atoms with E-state index in [0.717, 1.165) is 70.6 Å². The zero-order chi connectivity index (χ0) is 57.9. The number of aliphatic hydroxyl groups is 7. The highest BCUT2D eigenvalue weighted by Gasteiger charge is 2.47. The highest BCUT2D eigenvalue weighted by molar-refractivity contribution is 5.69. The molecule has 2 rings (SSSR count). The standard InChI is InChI=1S/C66H120O14/c1-3-5-7-9-11-13-15-17-19-21-23-25-27-28-29-31-33-35-37-39-41-43-45-47-49-58(68)78-55(52-75-50-48-46-44-42-40-38-36-34-32-30-26-24-22-20-18-16-14-12-10-8-6-4-2)53-76-65-64(74)62(72)60(70)57(80-65)54-77-66-63(73)61(71)59(69)56(51-67)79-66/h6,8,12,14,18,20,24,26,55-57,59-67,69-74H,3-5,7,9-11,13,15-17,19,21-23,25,27-54H2,1-2H3/b8-6-,14-12-,20-18-,26-24-. The van der Waals surface area contributed by atoms with Gasteiger partial charge < -0.3 is 64.2 Å². The molecule has 0 aliphatic carbocycles. The van der Waals surface area contributed by atoms with Crippen LogP contribution in [0.2, 0.25) is 0 Å². The van der Waals surface area contributed by atoms with Crippen LogP contribution in [0.3, 0.4) is 0 Å². The topological polar surface area (TPSA) is 214 Å². The second kappa shape index (κ2) is 52.5. The number of allylic oxidation sites excluding steroid dienone is 8. The van der Waals surface area contributed by atoms with E-state index in [2.05, 4.69) is 62.5 Å². The number of ether oxygens (including phenoxy) is 6. The van der Waals surface area contributed by atoms with Crippen molar-refractivity contribution in [3.63, 3.8) is 0 Å². The molecule has 14 heteroatoms. The van der Waals surface area contributed by atoms with E-state index in [1.807, 2.05) is 0 Å². The molecule has 0 aromatic rings. The molecule has 2 heterocycles. The van der Waals surface area contributed by atoms with Crippen molar-refractivity contribution in [3.8, 4) is 0 Å². The van der Waals surface area contributed by atoms with Crippen molar-refractivity contribution in [3.05, 3.63) is 48.6 Å². The van der Waals surface area contributed by atoms with Crippen LogP contribution in [0.4, 0.5) is 0 Å². The number of unbranched alkanes of at least 4 members (excludes halogenated alkanes) is 32. The van der Waals surface area contributed by atoms with E-state index in [0.29, 0.717) is 13.0 Å². The molecule has 14 nitrogen and oxygen atoms in total. The van der Waals surface area contributed by atoms with E-state index in [9.17, 15) is 40.5 Å². The summed E-state index contributed by atoms with van der Waals surface area (Å²) >= 11 is 0. The fraction of sp³-hybridized carbons (Fsp3) is 0.864. The number of hydrogen-bond donors (Lipinski definition) is 7. The third-order valence-electron chi connectivity index (χ3n) is 15.6. The summed E-state index contributed by atoms with van der Waals surface area (Å²) < 4.78 is 34.5. The van der Waals surface area contributed by atoms with Crippen LogP contribution >= 0.6 is 0 Å². The minimum absolute atomic E-state index is 0.0593. The molecule has 7 N–H and O–H groups in total. The van der Waals surface area contributed by atoms with Crippen LogP contribution < -0.4 is 0 Å². The summed E-state index contributed by atoms with van der Waals surface area (Å²) in [7, 11) is 0. The minimum atomic E-state index is -1.71. The summed E-state index contributed by atoms with van der Waals surface area (Å²) in [6, 6.07) is 0. The van der Waals surface area contributed by atoms with E-state index in [1.54, 1.807) is 0 Å². The van der Waals surface area contributed by atoms with Gasteiger partial charge in [-0.15, -0.1) is 0 Å². The van der Waals surface area contributed by atoms with E-state index >= 15 is 0 Å². The molecule has 0 bridgehead atoms. The lowest BCUT2D eigenvalue weighted by molar-refractivity contribution is -0.332. The Balaban J connectivity index is 1.66. The predicted molar refractivity (Wildman–Crippen MR) is 321 cm³/mol. The summed E-state index contributed by atoms with van der Waals surface area (Å²) in [4.78, 5) is 13.1. The van der Waals surface area contributed by atoms with Gasteiger partial charge in [0.2, 0.25) is 0 Å². The Morgan fingerprint density at radius 3 is 1.27 bits per heavy atom. The van der Waals surface area contributed by atoms with Gasteiger partial charge in [-0.2, -0.15) is 0 Å². The zero-order valence-electron chi connectivity index (χ0n) is 50.6. The first-order valence-electron chi connectivity index (χ1n) is 32.7. The molecule has 2 saturated heterocycles. The fourth-order valence-corrected chi connectivity index (χ4v) is 10.4. The van der Waals surface area contributed by atoms with Gasteiger partial charge in [0.1, 0.15) is 54.9 Å². The smallest absolute Gasteiger partial charge is 0.306 e. The molecule has 0 aromatic heterocycles. The van der Waals surface area contributed by atoms with Gasteiger partial charge in [0.05, 0.1) is 26.4 Å². The van der Waals surface area contributed by atoms with E-state index in [4.69, 9.17) is 28.4 Å². The SMILES string of the molecule is CC/C=C\C/C=C\C/C=C\C/C=C\CCCCCCCCCCCOCC(COC1OC(COC2OC(CO)C(O)C(O)C2O)C(O)C(O)C1O)OC(=O)CCCCCCCCCCCCCCCCCCCCCCCCCC. The monoisotopic (exact) mass is 1140 g/mol. The van der Waals surface area contributed by atoms with Gasteiger partial charge in [0.15, 0.2) is 12.6 Å². The average Bonchev–Trinajstić information content (AvgIpc) is 3.52. The van der Waals surface area contributed by atoms with Crippen molar-refractivity contribution in [1.82, 2.24) is 0 Å².